The van der Waals surface area contributed by atoms with Gasteiger partial charge in [-0.05, 0) is 117 Å². The number of amides is 2. The van der Waals surface area contributed by atoms with Gasteiger partial charge in [0.25, 0.3) is 0 Å². The summed E-state index contributed by atoms with van der Waals surface area (Å²) in [5, 5.41) is 18.3. The van der Waals surface area contributed by atoms with Crippen LogP contribution in [-0.2, 0) is 50.5 Å². The zero-order valence-electron chi connectivity index (χ0n) is 53.8. The van der Waals surface area contributed by atoms with Crippen molar-refractivity contribution >= 4 is 23.2 Å². The Labute approximate surface area is 509 Å². The number of anilines is 2. The van der Waals surface area contributed by atoms with Crippen LogP contribution < -0.4 is 9.80 Å². The van der Waals surface area contributed by atoms with Gasteiger partial charge in [0.15, 0.2) is 0 Å². The van der Waals surface area contributed by atoms with E-state index in [4.69, 9.17) is 9.72 Å². The Morgan fingerprint density at radius 3 is 1.31 bits per heavy atom. The summed E-state index contributed by atoms with van der Waals surface area (Å²) >= 11 is 0. The molecule has 1 aliphatic carbocycles. The zero-order valence-corrected chi connectivity index (χ0v) is 53.8. The quantitative estimate of drug-likeness (QED) is 0.159. The summed E-state index contributed by atoms with van der Waals surface area (Å²) in [6.45, 7) is 38.6. The molecule has 2 aliphatic heterocycles. The lowest BCUT2D eigenvalue weighted by Gasteiger charge is -2.33. The first-order valence-electron chi connectivity index (χ1n) is 30.2. The second-order valence-electron chi connectivity index (χ2n) is 29.0. The van der Waals surface area contributed by atoms with Crippen molar-refractivity contribution < 1.29 is 14.3 Å². The SMILES string of the molecule is CC(C)(C)C(=O)N1Cc2ccccc2-c2c(nnn2C(C)(C)C)-c2ccccc21.CC(C)(C)C(=O)N1Cc2ccccc2-c2nnn(C(C)(C)C)c2-c2ccccc21.CC(C)(C)OC1Cc2ccccc2-c2c(ncn2C(C)(C)C)-c2ccccc21. The van der Waals surface area contributed by atoms with Crippen LogP contribution in [0.25, 0.3) is 67.5 Å². The van der Waals surface area contributed by atoms with Crippen LogP contribution in [0.15, 0.2) is 152 Å². The molecule has 13 heteroatoms. The Balaban J connectivity index is 0.000000143. The van der Waals surface area contributed by atoms with Crippen LogP contribution in [0.4, 0.5) is 11.4 Å². The van der Waals surface area contributed by atoms with E-state index in [2.05, 4.69) is 187 Å². The maximum absolute atomic E-state index is 13.5. The highest BCUT2D eigenvalue weighted by Crippen LogP contribution is 2.47. The summed E-state index contributed by atoms with van der Waals surface area (Å²) in [4.78, 5) is 35.6. The maximum atomic E-state index is 13.5. The molecule has 1 unspecified atom stereocenters. The number of benzene rings is 6. The van der Waals surface area contributed by atoms with Crippen molar-refractivity contribution in [1.29, 1.82) is 0 Å². The normalized spacial score (nSPS) is 14.7. The van der Waals surface area contributed by atoms with E-state index in [1.165, 1.54) is 27.9 Å². The van der Waals surface area contributed by atoms with Gasteiger partial charge in [-0.3, -0.25) is 9.59 Å². The number of imidazole rings is 1. The van der Waals surface area contributed by atoms with Gasteiger partial charge in [0, 0.05) is 56.2 Å². The van der Waals surface area contributed by atoms with Crippen LogP contribution >= 0.6 is 0 Å². The first kappa shape index (κ1) is 60.8. The van der Waals surface area contributed by atoms with E-state index in [-0.39, 0.29) is 40.1 Å². The molecule has 9 aromatic rings. The molecule has 446 valence electrons. The number of ether oxygens (including phenoxy) is 1. The molecule has 12 rings (SSSR count). The van der Waals surface area contributed by atoms with Gasteiger partial charge in [-0.1, -0.05) is 185 Å². The van der Waals surface area contributed by atoms with E-state index in [0.29, 0.717) is 13.1 Å². The van der Waals surface area contributed by atoms with E-state index in [1.807, 2.05) is 134 Å². The van der Waals surface area contributed by atoms with Crippen LogP contribution in [0.5, 0.6) is 0 Å². The molecule has 5 heterocycles. The molecule has 3 aliphatic rings. The molecule has 6 aromatic carbocycles. The number of fused-ring (bicyclic) bond motifs is 15. The van der Waals surface area contributed by atoms with Gasteiger partial charge in [-0.15, -0.1) is 10.2 Å². The fourth-order valence-corrected chi connectivity index (χ4v) is 11.7. The van der Waals surface area contributed by atoms with Crippen LogP contribution in [0.1, 0.15) is 153 Å². The van der Waals surface area contributed by atoms with Gasteiger partial charge in [0.2, 0.25) is 11.8 Å². The second kappa shape index (κ2) is 22.5. The maximum Gasteiger partial charge on any atom is 0.232 e. The molecule has 0 saturated carbocycles. The number of hydrogen-bond donors (Lipinski definition) is 0. The number of nitrogens with zero attached hydrogens (tertiary/aromatic N) is 10. The standard InChI is InChI=1S/C25H30N2O.2C24H28N4O/c1-24(2,3)27-16-26-22-20-14-10-9-13-19(20)21(28-25(4,5)6)15-17-11-7-8-12-18(17)23(22)27;1-23(2,3)22(29)27-15-16-11-7-8-12-17(16)21-20(18-13-9-10-14-19(18)27)25-26-28(21)24(4,5)6;1-23(2,3)22(29)27-15-16-11-7-8-12-17(16)20-21(18-13-9-10-14-19(18)27)28(26-25-20)24(4,5)6/h7-14,16,21H,15H2,1-6H3;2*7-14H,15H2,1-6H3. The molecular weight excluding hydrogens is 1060 g/mol. The minimum absolute atomic E-state index is 0.00899. The molecule has 2 amide bonds. The van der Waals surface area contributed by atoms with Crippen molar-refractivity contribution in [1.82, 2.24) is 39.5 Å². The Bertz CT molecular complexity index is 3990. The fraction of sp³-hybridized carbons (Fsp3) is 0.384. The third kappa shape index (κ3) is 12.0. The van der Waals surface area contributed by atoms with Crippen molar-refractivity contribution in [2.24, 2.45) is 10.8 Å². The third-order valence-electron chi connectivity index (χ3n) is 15.7. The second-order valence-corrected chi connectivity index (χ2v) is 29.0. The predicted octanol–water partition coefficient (Wildman–Crippen LogP) is 16.9. The van der Waals surface area contributed by atoms with Crippen molar-refractivity contribution in [3.63, 3.8) is 0 Å². The number of hydrogen-bond acceptors (Lipinski definition) is 8. The summed E-state index contributed by atoms with van der Waals surface area (Å²) in [7, 11) is 0. The first-order valence-corrected chi connectivity index (χ1v) is 30.2. The highest BCUT2D eigenvalue weighted by atomic mass is 16.5. The number of para-hydroxylation sites is 2. The lowest BCUT2D eigenvalue weighted by atomic mass is 9.87. The van der Waals surface area contributed by atoms with Crippen molar-refractivity contribution in [2.45, 2.75) is 172 Å². The molecule has 0 spiro atoms. The molecule has 0 saturated heterocycles. The van der Waals surface area contributed by atoms with Gasteiger partial charge >= 0.3 is 0 Å². The largest absolute Gasteiger partial charge is 0.368 e. The van der Waals surface area contributed by atoms with Crippen molar-refractivity contribution in [3.8, 4) is 67.5 Å². The molecule has 0 fully saturated rings. The number of carbonyl (C=O) groups excluding carboxylic acids is 2. The van der Waals surface area contributed by atoms with Gasteiger partial charge < -0.3 is 19.1 Å². The predicted molar refractivity (Wildman–Crippen MR) is 348 cm³/mol. The van der Waals surface area contributed by atoms with Crippen LogP contribution in [0.2, 0.25) is 0 Å². The van der Waals surface area contributed by atoms with E-state index in [0.717, 1.165) is 79.6 Å². The number of aromatic nitrogens is 8. The molecule has 0 N–H and O–H groups in total. The Hall–Kier alpha value is -8.29. The summed E-state index contributed by atoms with van der Waals surface area (Å²) in [6.07, 6.45) is 2.83. The van der Waals surface area contributed by atoms with E-state index in [1.54, 1.807) is 0 Å². The molecule has 13 nitrogen and oxygen atoms in total. The fourth-order valence-electron chi connectivity index (χ4n) is 11.7. The zero-order chi connectivity index (χ0) is 62.1. The average molecular weight is 1150 g/mol. The lowest BCUT2D eigenvalue weighted by molar-refractivity contribution is -0.126. The minimum atomic E-state index is -0.493. The van der Waals surface area contributed by atoms with E-state index >= 15 is 0 Å². The molecular formula is C73H86N10O3. The van der Waals surface area contributed by atoms with Crippen molar-refractivity contribution in [2.75, 3.05) is 9.80 Å². The summed E-state index contributed by atoms with van der Waals surface area (Å²) in [5.41, 5.74) is 17.0. The molecule has 3 aromatic heterocycles. The van der Waals surface area contributed by atoms with Gasteiger partial charge in [-0.2, -0.15) is 0 Å². The molecule has 1 atom stereocenters. The van der Waals surface area contributed by atoms with Gasteiger partial charge in [0.05, 0.1) is 76.4 Å². The minimum Gasteiger partial charge on any atom is -0.368 e. The monoisotopic (exact) mass is 1150 g/mol. The van der Waals surface area contributed by atoms with Gasteiger partial charge in [-0.25, -0.2) is 14.3 Å². The number of rotatable bonds is 1. The average Bonchev–Trinajstić information content (AvgIpc) is 1.58. The van der Waals surface area contributed by atoms with E-state index < -0.39 is 10.8 Å². The first-order chi connectivity index (χ1) is 40.3. The van der Waals surface area contributed by atoms with E-state index in [9.17, 15) is 9.59 Å². The lowest BCUT2D eigenvalue weighted by Crippen LogP contribution is -2.40. The Morgan fingerprint density at radius 2 is 0.814 bits per heavy atom. The number of carbonyl (C=O) groups is 2. The topological polar surface area (TPSA) is 129 Å². The molecule has 86 heavy (non-hydrogen) atoms. The van der Waals surface area contributed by atoms with Crippen LogP contribution in [0, 0.1) is 10.8 Å². The third-order valence-corrected chi connectivity index (χ3v) is 15.7. The Morgan fingerprint density at radius 1 is 0.419 bits per heavy atom. The highest BCUT2D eigenvalue weighted by molar-refractivity contribution is 6.03. The van der Waals surface area contributed by atoms with Crippen molar-refractivity contribution in [3.05, 3.63) is 174 Å². The van der Waals surface area contributed by atoms with Crippen LogP contribution in [0.3, 0.4) is 0 Å². The summed E-state index contributed by atoms with van der Waals surface area (Å²) < 4.78 is 12.8. The summed E-state index contributed by atoms with van der Waals surface area (Å²) in [5.74, 6) is 0.185. The molecule has 0 radical (unpaired) electrons. The Kier molecular flexibility index (Phi) is 15.9. The van der Waals surface area contributed by atoms with Gasteiger partial charge in [0.1, 0.15) is 11.4 Å². The summed E-state index contributed by atoms with van der Waals surface area (Å²) in [6, 6.07) is 49.8. The molecule has 0 bridgehead atoms. The smallest absolute Gasteiger partial charge is 0.232 e. The highest BCUT2D eigenvalue weighted by Gasteiger charge is 2.38. The van der Waals surface area contributed by atoms with Crippen LogP contribution in [-0.4, -0.2) is 57.0 Å².